The maximum Gasteiger partial charge on any atom is 0.305 e. The topological polar surface area (TPSA) is 72.5 Å². The molecule has 0 aromatic heterocycles. The number of hydrogen-bond donors (Lipinski definition) is 2. The summed E-state index contributed by atoms with van der Waals surface area (Å²) < 4.78 is 5.51. The van der Waals surface area contributed by atoms with Crippen LogP contribution in [0.15, 0.2) is 12.1 Å². The zero-order valence-corrected chi connectivity index (χ0v) is 12.3. The first-order chi connectivity index (χ1) is 8.68. The summed E-state index contributed by atoms with van der Waals surface area (Å²) in [5, 5.41) is 8.91. The van der Waals surface area contributed by atoms with E-state index >= 15 is 0 Å². The van der Waals surface area contributed by atoms with Gasteiger partial charge in [-0.1, -0.05) is 32.9 Å². The van der Waals surface area contributed by atoms with Crippen molar-refractivity contribution in [1.29, 1.82) is 0 Å². The van der Waals surface area contributed by atoms with Crippen LogP contribution in [-0.2, 0) is 10.2 Å². The van der Waals surface area contributed by atoms with E-state index in [1.807, 2.05) is 19.1 Å². The standard InChI is InChI=1S/C15H23NO3/c1-9-6-7-10(15(2,3)4)14(19-5)13(9)11(16)8-12(17)18/h6-7,11H,8,16H2,1-5H3,(H,17,18). The number of benzene rings is 1. The molecule has 0 spiro atoms. The van der Waals surface area contributed by atoms with Crippen LogP contribution in [0, 0.1) is 6.92 Å². The number of methoxy groups -OCH3 is 1. The lowest BCUT2D eigenvalue weighted by Crippen LogP contribution is -2.20. The second-order valence-electron chi connectivity index (χ2n) is 5.83. The maximum atomic E-state index is 10.9. The minimum atomic E-state index is -0.907. The Kier molecular flexibility index (Phi) is 4.58. The van der Waals surface area contributed by atoms with E-state index in [2.05, 4.69) is 20.8 Å². The van der Waals surface area contributed by atoms with Crippen molar-refractivity contribution in [2.45, 2.75) is 45.6 Å². The summed E-state index contributed by atoms with van der Waals surface area (Å²) in [6.07, 6.45) is -0.106. The molecule has 0 saturated carbocycles. The average molecular weight is 265 g/mol. The third-order valence-electron chi connectivity index (χ3n) is 3.19. The van der Waals surface area contributed by atoms with Gasteiger partial charge in [0.1, 0.15) is 5.75 Å². The normalized spacial score (nSPS) is 13.2. The van der Waals surface area contributed by atoms with Crippen LogP contribution in [0.1, 0.15) is 49.9 Å². The Morgan fingerprint density at radius 1 is 1.42 bits per heavy atom. The number of carboxylic acid groups (broad SMARTS) is 1. The molecule has 0 heterocycles. The third-order valence-corrected chi connectivity index (χ3v) is 3.19. The Bertz CT molecular complexity index is 475. The van der Waals surface area contributed by atoms with Crippen molar-refractivity contribution >= 4 is 5.97 Å². The quantitative estimate of drug-likeness (QED) is 0.878. The van der Waals surface area contributed by atoms with Crippen LogP contribution in [-0.4, -0.2) is 18.2 Å². The molecule has 1 aromatic carbocycles. The van der Waals surface area contributed by atoms with Crippen LogP contribution in [0.5, 0.6) is 5.75 Å². The molecule has 1 atom stereocenters. The lowest BCUT2D eigenvalue weighted by molar-refractivity contribution is -0.137. The molecule has 1 rings (SSSR count). The Morgan fingerprint density at radius 3 is 2.42 bits per heavy atom. The number of carbonyl (C=O) groups is 1. The fraction of sp³-hybridized carbons (Fsp3) is 0.533. The fourth-order valence-electron chi connectivity index (χ4n) is 2.26. The first-order valence-corrected chi connectivity index (χ1v) is 6.33. The van der Waals surface area contributed by atoms with Crippen LogP contribution in [0.25, 0.3) is 0 Å². The van der Waals surface area contributed by atoms with Crippen molar-refractivity contribution in [1.82, 2.24) is 0 Å². The predicted molar refractivity (Wildman–Crippen MR) is 75.6 cm³/mol. The molecule has 0 fully saturated rings. The molecule has 3 N–H and O–H groups in total. The molecule has 0 radical (unpaired) electrons. The number of nitrogens with two attached hydrogens (primary N) is 1. The van der Waals surface area contributed by atoms with E-state index in [0.717, 1.165) is 16.7 Å². The molecule has 0 aliphatic carbocycles. The largest absolute Gasteiger partial charge is 0.496 e. The van der Waals surface area contributed by atoms with Gasteiger partial charge in [0.25, 0.3) is 0 Å². The number of rotatable bonds is 4. The molecule has 106 valence electrons. The molecule has 0 bridgehead atoms. The van der Waals surface area contributed by atoms with Gasteiger partial charge >= 0.3 is 5.97 Å². The highest BCUT2D eigenvalue weighted by Gasteiger charge is 2.25. The molecule has 0 aliphatic rings. The Morgan fingerprint density at radius 2 is 2.00 bits per heavy atom. The van der Waals surface area contributed by atoms with Gasteiger partial charge in [-0.25, -0.2) is 0 Å². The van der Waals surface area contributed by atoms with E-state index in [4.69, 9.17) is 15.6 Å². The number of carboxylic acids is 1. The van der Waals surface area contributed by atoms with Gasteiger partial charge in [0, 0.05) is 11.6 Å². The molecular formula is C15H23NO3. The SMILES string of the molecule is COc1c(C(C)(C)C)ccc(C)c1C(N)CC(=O)O. The van der Waals surface area contributed by atoms with Crippen molar-refractivity contribution in [3.8, 4) is 5.75 Å². The van der Waals surface area contributed by atoms with Gasteiger partial charge < -0.3 is 15.6 Å². The van der Waals surface area contributed by atoms with Crippen molar-refractivity contribution in [2.24, 2.45) is 5.73 Å². The van der Waals surface area contributed by atoms with Gasteiger partial charge in [-0.15, -0.1) is 0 Å². The highest BCUT2D eigenvalue weighted by molar-refractivity contribution is 5.68. The number of aliphatic carboxylic acids is 1. The number of aryl methyl sites for hydroxylation is 1. The molecule has 0 amide bonds. The second-order valence-corrected chi connectivity index (χ2v) is 5.83. The summed E-state index contributed by atoms with van der Waals surface area (Å²) in [5.41, 5.74) is 8.72. The van der Waals surface area contributed by atoms with Crippen LogP contribution in [0.2, 0.25) is 0 Å². The molecule has 0 saturated heterocycles. The van der Waals surface area contributed by atoms with Crippen molar-refractivity contribution in [3.05, 3.63) is 28.8 Å². The summed E-state index contributed by atoms with van der Waals surface area (Å²) in [6.45, 7) is 8.19. The molecule has 4 nitrogen and oxygen atoms in total. The summed E-state index contributed by atoms with van der Waals surface area (Å²) in [4.78, 5) is 10.9. The zero-order chi connectivity index (χ0) is 14.8. The highest BCUT2D eigenvalue weighted by Crippen LogP contribution is 2.38. The maximum absolute atomic E-state index is 10.9. The fourth-order valence-corrected chi connectivity index (χ4v) is 2.26. The predicted octanol–water partition coefficient (Wildman–Crippen LogP) is 2.78. The average Bonchev–Trinajstić information content (AvgIpc) is 2.25. The molecule has 1 aromatic rings. The van der Waals surface area contributed by atoms with E-state index in [1.54, 1.807) is 7.11 Å². The first kappa shape index (κ1) is 15.5. The smallest absolute Gasteiger partial charge is 0.305 e. The molecule has 19 heavy (non-hydrogen) atoms. The lowest BCUT2D eigenvalue weighted by Gasteiger charge is -2.26. The highest BCUT2D eigenvalue weighted by atomic mass is 16.5. The molecule has 1 unspecified atom stereocenters. The minimum Gasteiger partial charge on any atom is -0.496 e. The zero-order valence-electron chi connectivity index (χ0n) is 12.3. The van der Waals surface area contributed by atoms with Crippen LogP contribution >= 0.6 is 0 Å². The van der Waals surface area contributed by atoms with Crippen molar-refractivity contribution in [3.63, 3.8) is 0 Å². The van der Waals surface area contributed by atoms with Gasteiger partial charge in [0.2, 0.25) is 0 Å². The summed E-state index contributed by atoms with van der Waals surface area (Å²) >= 11 is 0. The molecular weight excluding hydrogens is 242 g/mol. The van der Waals surface area contributed by atoms with E-state index in [1.165, 1.54) is 0 Å². The van der Waals surface area contributed by atoms with Gasteiger partial charge in [0.15, 0.2) is 0 Å². The Labute approximate surface area is 114 Å². The van der Waals surface area contributed by atoms with E-state index in [9.17, 15) is 4.79 Å². The van der Waals surface area contributed by atoms with Gasteiger partial charge in [0.05, 0.1) is 13.5 Å². The number of hydrogen-bond acceptors (Lipinski definition) is 3. The molecule has 0 aliphatic heterocycles. The van der Waals surface area contributed by atoms with Crippen LogP contribution in [0.4, 0.5) is 0 Å². The second kappa shape index (κ2) is 5.61. The van der Waals surface area contributed by atoms with Crippen LogP contribution in [0.3, 0.4) is 0 Å². The first-order valence-electron chi connectivity index (χ1n) is 6.33. The monoisotopic (exact) mass is 265 g/mol. The van der Waals surface area contributed by atoms with Gasteiger partial charge in [-0.2, -0.15) is 0 Å². The van der Waals surface area contributed by atoms with Crippen molar-refractivity contribution in [2.75, 3.05) is 7.11 Å². The lowest BCUT2D eigenvalue weighted by atomic mass is 9.82. The van der Waals surface area contributed by atoms with E-state index < -0.39 is 12.0 Å². The number of ether oxygens (including phenoxy) is 1. The summed E-state index contributed by atoms with van der Waals surface area (Å²) in [5.74, 6) is -0.198. The summed E-state index contributed by atoms with van der Waals surface area (Å²) in [7, 11) is 1.60. The molecule has 4 heteroatoms. The van der Waals surface area contributed by atoms with Crippen LogP contribution < -0.4 is 10.5 Å². The third kappa shape index (κ3) is 3.47. The van der Waals surface area contributed by atoms with E-state index in [-0.39, 0.29) is 11.8 Å². The summed E-state index contributed by atoms with van der Waals surface area (Å²) in [6, 6.07) is 3.43. The Hall–Kier alpha value is -1.55. The minimum absolute atomic E-state index is 0.0866. The van der Waals surface area contributed by atoms with Gasteiger partial charge in [-0.3, -0.25) is 4.79 Å². The van der Waals surface area contributed by atoms with E-state index in [0.29, 0.717) is 5.75 Å². The van der Waals surface area contributed by atoms with Crippen molar-refractivity contribution < 1.29 is 14.6 Å². The van der Waals surface area contributed by atoms with Gasteiger partial charge in [-0.05, 0) is 23.5 Å². The Balaban J connectivity index is 3.41.